The Bertz CT molecular complexity index is 621. The molecule has 4 aliphatic rings. The highest BCUT2D eigenvalue weighted by Crippen LogP contribution is 2.57. The highest BCUT2D eigenvalue weighted by molar-refractivity contribution is 5.52. The van der Waals surface area contributed by atoms with Crippen molar-refractivity contribution in [1.82, 2.24) is 5.32 Å². The van der Waals surface area contributed by atoms with Gasteiger partial charge in [-0.2, -0.15) is 0 Å². The van der Waals surface area contributed by atoms with E-state index in [9.17, 15) is 5.11 Å². The van der Waals surface area contributed by atoms with E-state index >= 15 is 0 Å². The van der Waals surface area contributed by atoms with E-state index in [4.69, 9.17) is 0 Å². The lowest BCUT2D eigenvalue weighted by Gasteiger charge is -2.43. The number of aliphatic hydroxyl groups is 1. The molecule has 1 heterocycles. The van der Waals surface area contributed by atoms with Gasteiger partial charge in [0.25, 0.3) is 0 Å². The van der Waals surface area contributed by atoms with Crippen molar-refractivity contribution in [2.45, 2.75) is 32.2 Å². The van der Waals surface area contributed by atoms with Crippen LogP contribution in [-0.2, 0) is 0 Å². The molecule has 0 amide bonds. The van der Waals surface area contributed by atoms with Gasteiger partial charge in [0.05, 0.1) is 6.04 Å². The second-order valence-corrected chi connectivity index (χ2v) is 7.01. The molecule has 2 nitrogen and oxygen atoms in total. The van der Waals surface area contributed by atoms with Gasteiger partial charge >= 0.3 is 0 Å². The third kappa shape index (κ3) is 1.85. The van der Waals surface area contributed by atoms with Gasteiger partial charge in [-0.3, -0.25) is 0 Å². The van der Waals surface area contributed by atoms with Crippen molar-refractivity contribution in [2.24, 2.45) is 23.7 Å². The molecule has 1 saturated carbocycles. The Hall–Kier alpha value is -1.70. The van der Waals surface area contributed by atoms with E-state index in [1.807, 2.05) is 0 Å². The zero-order chi connectivity index (χ0) is 14.7. The Balaban J connectivity index is 1.81. The monoisotopic (exact) mass is 281 g/mol. The maximum absolute atomic E-state index is 10.0. The van der Waals surface area contributed by atoms with Gasteiger partial charge in [-0.1, -0.05) is 37.0 Å². The highest BCUT2D eigenvalue weighted by atomic mass is 16.3. The normalized spacial score (nSPS) is 39.5. The molecule has 1 fully saturated rings. The Labute approximate surface area is 126 Å². The van der Waals surface area contributed by atoms with Gasteiger partial charge in [-0.25, -0.2) is 0 Å². The number of rotatable bonds is 2. The van der Waals surface area contributed by atoms with Crippen molar-refractivity contribution in [3.05, 3.63) is 59.6 Å². The summed E-state index contributed by atoms with van der Waals surface area (Å²) in [5, 5.41) is 13.6. The van der Waals surface area contributed by atoms with Gasteiger partial charge in [0.1, 0.15) is 5.76 Å². The van der Waals surface area contributed by atoms with E-state index in [2.05, 4.69) is 43.6 Å². The summed E-state index contributed by atoms with van der Waals surface area (Å²) in [7, 11) is 0. The first kappa shape index (κ1) is 13.0. The van der Waals surface area contributed by atoms with E-state index in [0.29, 0.717) is 29.4 Å². The van der Waals surface area contributed by atoms with Crippen LogP contribution in [0.5, 0.6) is 0 Å². The molecule has 0 bridgehead atoms. The first-order valence-corrected chi connectivity index (χ1v) is 8.00. The number of allylic oxidation sites excluding steroid dienone is 7. The van der Waals surface area contributed by atoms with Crippen molar-refractivity contribution in [1.29, 1.82) is 0 Å². The molecule has 0 aromatic rings. The van der Waals surface area contributed by atoms with E-state index in [1.165, 1.54) is 28.8 Å². The smallest absolute Gasteiger partial charge is 0.108 e. The van der Waals surface area contributed by atoms with Gasteiger partial charge in [0, 0.05) is 17.5 Å². The van der Waals surface area contributed by atoms with Crippen LogP contribution in [0.25, 0.3) is 0 Å². The Morgan fingerprint density at radius 2 is 2.14 bits per heavy atom. The van der Waals surface area contributed by atoms with Crippen LogP contribution in [0.4, 0.5) is 0 Å². The lowest BCUT2D eigenvalue weighted by Crippen LogP contribution is -2.47. The molecule has 0 saturated heterocycles. The summed E-state index contributed by atoms with van der Waals surface area (Å²) < 4.78 is 0. The summed E-state index contributed by atoms with van der Waals surface area (Å²) in [5.74, 6) is 2.38. The fourth-order valence-electron chi connectivity index (χ4n) is 4.50. The zero-order valence-corrected chi connectivity index (χ0v) is 12.6. The number of nitrogens with one attached hydrogen (secondary N) is 1. The minimum atomic E-state index is 0.0136. The maximum atomic E-state index is 10.0. The van der Waals surface area contributed by atoms with Crippen molar-refractivity contribution < 1.29 is 5.11 Å². The molecule has 0 spiro atoms. The molecule has 4 rings (SSSR count). The fraction of sp³-hybridized carbons (Fsp3) is 0.474. The summed E-state index contributed by atoms with van der Waals surface area (Å²) >= 11 is 0. The molecule has 5 atom stereocenters. The SMILES string of the molecule is C=C(C)C1=CC2=C(NC(C(=C)O)C3CCC=CC23)C2CC12. The molecule has 21 heavy (non-hydrogen) atoms. The van der Waals surface area contributed by atoms with Crippen LogP contribution in [0.15, 0.2) is 59.6 Å². The molecule has 5 unspecified atom stereocenters. The van der Waals surface area contributed by atoms with Crippen LogP contribution >= 0.6 is 0 Å². The lowest BCUT2D eigenvalue weighted by molar-refractivity contribution is 0.232. The standard InChI is InChI=1S/C19H23NO/c1-10(2)14-8-16-12-6-4-5-7-13(12)18(11(3)21)20-19(16)17-9-15(14)17/h4,6,8,12-13,15,17-18,20-21H,1,3,5,7,9H2,2H3. The molecule has 2 N–H and O–H groups in total. The van der Waals surface area contributed by atoms with Crippen molar-refractivity contribution in [2.75, 3.05) is 0 Å². The van der Waals surface area contributed by atoms with E-state index in [0.717, 1.165) is 12.8 Å². The molecule has 1 aliphatic heterocycles. The second kappa shape index (κ2) is 4.40. The van der Waals surface area contributed by atoms with Gasteiger partial charge in [-0.05, 0) is 49.2 Å². The average molecular weight is 281 g/mol. The lowest BCUT2D eigenvalue weighted by atomic mass is 9.69. The number of fused-ring (bicyclic) bond motifs is 4. The van der Waals surface area contributed by atoms with E-state index in [1.54, 1.807) is 0 Å². The van der Waals surface area contributed by atoms with Crippen LogP contribution in [0.2, 0.25) is 0 Å². The predicted molar refractivity (Wildman–Crippen MR) is 85.6 cm³/mol. The molecule has 110 valence electrons. The quantitative estimate of drug-likeness (QED) is 0.592. The number of hydrogen-bond acceptors (Lipinski definition) is 2. The fourth-order valence-corrected chi connectivity index (χ4v) is 4.50. The van der Waals surface area contributed by atoms with Crippen LogP contribution in [0, 0.1) is 23.7 Å². The van der Waals surface area contributed by atoms with Gasteiger partial charge in [0.15, 0.2) is 0 Å². The predicted octanol–water partition coefficient (Wildman–Crippen LogP) is 4.02. The first-order valence-electron chi connectivity index (χ1n) is 8.00. The molecule has 3 aliphatic carbocycles. The number of hydrogen-bond donors (Lipinski definition) is 2. The Kier molecular flexibility index (Phi) is 2.72. The van der Waals surface area contributed by atoms with Crippen LogP contribution in [-0.4, -0.2) is 11.1 Å². The summed E-state index contributed by atoms with van der Waals surface area (Å²) in [6.07, 6.45) is 10.4. The third-order valence-corrected chi connectivity index (χ3v) is 5.60. The summed E-state index contributed by atoms with van der Waals surface area (Å²) in [4.78, 5) is 0. The van der Waals surface area contributed by atoms with Gasteiger partial charge in [-0.15, -0.1) is 0 Å². The first-order chi connectivity index (χ1) is 10.1. The van der Waals surface area contributed by atoms with Gasteiger partial charge in [0.2, 0.25) is 0 Å². The summed E-state index contributed by atoms with van der Waals surface area (Å²) in [6, 6.07) is 0.0136. The molecule has 0 aromatic heterocycles. The molecule has 0 radical (unpaired) electrons. The molecular weight excluding hydrogens is 258 g/mol. The Morgan fingerprint density at radius 3 is 2.86 bits per heavy atom. The third-order valence-electron chi connectivity index (χ3n) is 5.60. The summed E-state index contributed by atoms with van der Waals surface area (Å²) in [5.41, 5.74) is 5.45. The zero-order valence-electron chi connectivity index (χ0n) is 12.6. The van der Waals surface area contributed by atoms with Crippen molar-refractivity contribution in [3.8, 4) is 0 Å². The summed E-state index contributed by atoms with van der Waals surface area (Å²) in [6.45, 7) is 10.1. The topological polar surface area (TPSA) is 32.3 Å². The minimum absolute atomic E-state index is 0.0136. The molecular formula is C19H23NO. The van der Waals surface area contributed by atoms with E-state index < -0.39 is 0 Å². The largest absolute Gasteiger partial charge is 0.511 e. The Morgan fingerprint density at radius 1 is 1.33 bits per heavy atom. The number of aliphatic hydroxyl groups excluding tert-OH is 1. The highest BCUT2D eigenvalue weighted by Gasteiger charge is 2.51. The van der Waals surface area contributed by atoms with Crippen molar-refractivity contribution in [3.63, 3.8) is 0 Å². The second-order valence-electron chi connectivity index (χ2n) is 7.01. The minimum Gasteiger partial charge on any atom is -0.511 e. The van der Waals surface area contributed by atoms with Crippen LogP contribution in [0.1, 0.15) is 26.2 Å². The molecule has 2 heteroatoms. The van der Waals surface area contributed by atoms with Crippen LogP contribution in [0.3, 0.4) is 0 Å². The van der Waals surface area contributed by atoms with Crippen molar-refractivity contribution >= 4 is 0 Å². The van der Waals surface area contributed by atoms with E-state index in [-0.39, 0.29) is 6.04 Å². The van der Waals surface area contributed by atoms with Gasteiger partial charge < -0.3 is 10.4 Å². The maximum Gasteiger partial charge on any atom is 0.108 e. The average Bonchev–Trinajstić information content (AvgIpc) is 3.25. The molecule has 0 aromatic carbocycles. The van der Waals surface area contributed by atoms with Crippen LogP contribution < -0.4 is 5.32 Å².